The van der Waals surface area contributed by atoms with Gasteiger partial charge in [0.2, 0.25) is 0 Å². The normalized spacial score (nSPS) is 25.2. The third kappa shape index (κ3) is 23.9. The van der Waals surface area contributed by atoms with Crippen molar-refractivity contribution in [3.05, 3.63) is 193 Å². The number of carbonyl (C=O) groups excluding carboxylic acids is 2. The summed E-state index contributed by atoms with van der Waals surface area (Å²) in [4.78, 5) is 23.8. The predicted molar refractivity (Wildman–Crippen MR) is 377 cm³/mol. The van der Waals surface area contributed by atoms with E-state index in [4.69, 9.17) is 82.9 Å². The van der Waals surface area contributed by atoms with E-state index in [1.807, 2.05) is 138 Å². The minimum Gasteiger partial charge on any atom is -0.494 e. The van der Waals surface area contributed by atoms with Crippen LogP contribution in [0.2, 0.25) is 15.1 Å². The summed E-state index contributed by atoms with van der Waals surface area (Å²) in [7, 11) is 0. The zero-order chi connectivity index (χ0) is 69.6. The molecule has 21 nitrogen and oxygen atoms in total. The molecule has 0 spiro atoms. The van der Waals surface area contributed by atoms with Crippen molar-refractivity contribution in [2.75, 3.05) is 39.6 Å². The first-order valence-electron chi connectivity index (χ1n) is 31.8. The molecule has 12 N–H and O–H groups in total. The largest absolute Gasteiger partial charge is 0.494 e. The molecule has 3 aliphatic heterocycles. The van der Waals surface area contributed by atoms with E-state index in [2.05, 4.69) is 0 Å². The van der Waals surface area contributed by atoms with Gasteiger partial charge < -0.3 is 94.4 Å². The molecule has 0 amide bonds. The molecule has 0 aromatic heterocycles. The number of ether oxygens (including phenoxy) is 8. The van der Waals surface area contributed by atoms with Crippen LogP contribution in [0.5, 0.6) is 17.2 Å². The molecule has 3 saturated heterocycles. The monoisotopic (exact) mass is 1530 g/mol. The lowest BCUT2D eigenvalue weighted by Gasteiger charge is -2.44. The minimum absolute atomic E-state index is 0. The number of hydrogen-bond acceptors (Lipinski definition) is 20. The van der Waals surface area contributed by atoms with Crippen LogP contribution in [-0.2, 0) is 52.5 Å². The Morgan fingerprint density at radius 2 is 0.763 bits per heavy atom. The molecule has 0 radical (unpaired) electrons. The molecule has 0 aliphatic carbocycles. The number of aliphatic hydroxyl groups excluding tert-OH is 10. The number of hydrogen-bond donors (Lipinski definition) is 10. The van der Waals surface area contributed by atoms with E-state index in [1.165, 1.54) is 20.8 Å². The minimum atomic E-state index is -1.42. The summed E-state index contributed by atoms with van der Waals surface area (Å²) < 4.78 is 45.4. The lowest BCUT2D eigenvalue weighted by molar-refractivity contribution is -0.231. The van der Waals surface area contributed by atoms with E-state index in [1.54, 1.807) is 24.3 Å². The maximum Gasteiger partial charge on any atom is 0.303 e. The quantitative estimate of drug-likeness (QED) is 0.0238. The number of benzene rings is 6. The lowest BCUT2D eigenvalue weighted by Crippen LogP contribution is -2.55. The molecule has 0 bridgehead atoms. The Hall–Kier alpha value is -5.30. The highest BCUT2D eigenvalue weighted by Gasteiger charge is 2.49. The molecular formula is C72H94Cl3IO21. The fourth-order valence-corrected chi connectivity index (χ4v) is 11.8. The van der Waals surface area contributed by atoms with Gasteiger partial charge in [-0.25, -0.2) is 0 Å². The van der Waals surface area contributed by atoms with Gasteiger partial charge >= 0.3 is 11.9 Å². The summed E-state index contributed by atoms with van der Waals surface area (Å²) in [6, 6.07) is 39.5. The molecule has 536 valence electrons. The number of carbonyl (C=O) groups is 2. The molecule has 9 rings (SSSR count). The van der Waals surface area contributed by atoms with E-state index >= 15 is 0 Å². The molecule has 3 fully saturated rings. The van der Waals surface area contributed by atoms with Crippen molar-refractivity contribution in [1.82, 2.24) is 0 Å². The molecule has 0 saturated carbocycles. The van der Waals surface area contributed by atoms with Crippen LogP contribution in [0.1, 0.15) is 130 Å². The fraction of sp³-hybridized carbons (Fsp3) is 0.472. The van der Waals surface area contributed by atoms with Gasteiger partial charge in [-0.1, -0.05) is 121 Å². The first kappa shape index (κ1) is 84.1. The zero-order valence-electron chi connectivity index (χ0n) is 55.5. The number of esters is 2. The molecule has 3 aliphatic rings. The molecule has 6 aromatic rings. The molecule has 6 aromatic carbocycles. The van der Waals surface area contributed by atoms with Gasteiger partial charge in [0.15, 0.2) is 6.10 Å². The highest BCUT2D eigenvalue weighted by molar-refractivity contribution is 14.0. The van der Waals surface area contributed by atoms with Crippen molar-refractivity contribution >= 4 is 70.7 Å². The standard InChI is InChI=1S/C27H33ClO6.2C21H25ClO6.C3H8O2.HI.H2O/c1-6-24-16(3)25(32-17(4)29)27(33-18(5)30)26(34-24)20-10-13-23(28)21(15-20)14-19-8-11-22(12-9-19)31-7-2;2*1-2-27-15-6-3-12(4-7-15)9-14-10-13(5-8-16(14)22)21-20(26)19(25)18(24)17(11-23)28-21;1-3(5)2-4;;/h8-13,15-16,24-27H,6-7,14H2,1-5H3;2*3-8,10,17-21,23-26H,2,9,11H2,1H3;3-5H,2H2,1H3;1H;1H2/t16-,24-,25+,26+,27-;2*17-,18-,19+,20-,21+;3-;;/m1110../s1. The molecule has 0 unspecified atom stereocenters. The third-order valence-electron chi connectivity index (χ3n) is 16.2. The summed E-state index contributed by atoms with van der Waals surface area (Å²) in [6.07, 6.45) is -12.1. The van der Waals surface area contributed by atoms with Crippen molar-refractivity contribution in [3.63, 3.8) is 0 Å². The van der Waals surface area contributed by atoms with Crippen LogP contribution >= 0.6 is 58.8 Å². The van der Waals surface area contributed by atoms with Gasteiger partial charge in [-0.3, -0.25) is 9.59 Å². The van der Waals surface area contributed by atoms with Crippen LogP contribution in [0.15, 0.2) is 127 Å². The Bertz CT molecular complexity index is 3180. The van der Waals surface area contributed by atoms with Crippen molar-refractivity contribution in [2.24, 2.45) is 5.92 Å². The van der Waals surface area contributed by atoms with E-state index in [-0.39, 0.29) is 48.1 Å². The van der Waals surface area contributed by atoms with Gasteiger partial charge in [0.25, 0.3) is 0 Å². The average Bonchev–Trinajstić information content (AvgIpc) is 0.790. The second-order valence-electron chi connectivity index (χ2n) is 23.4. The Kier molecular flexibility index (Phi) is 35.9. The fourth-order valence-electron chi connectivity index (χ4n) is 11.2. The average molecular weight is 1530 g/mol. The van der Waals surface area contributed by atoms with Crippen LogP contribution in [-0.4, -0.2) is 181 Å². The highest BCUT2D eigenvalue weighted by atomic mass is 127. The van der Waals surface area contributed by atoms with Gasteiger partial charge in [0.1, 0.15) is 90.5 Å². The van der Waals surface area contributed by atoms with Gasteiger partial charge in [-0.2, -0.15) is 0 Å². The Morgan fingerprint density at radius 3 is 1.04 bits per heavy atom. The summed E-state index contributed by atoms with van der Waals surface area (Å²) in [5.74, 6) is 1.41. The van der Waals surface area contributed by atoms with Crippen molar-refractivity contribution in [2.45, 2.75) is 173 Å². The smallest absolute Gasteiger partial charge is 0.303 e. The number of halogens is 4. The highest BCUT2D eigenvalue weighted by Crippen LogP contribution is 2.42. The summed E-state index contributed by atoms with van der Waals surface area (Å²) in [5.41, 5.74) is 7.79. The van der Waals surface area contributed by atoms with Crippen LogP contribution in [0.25, 0.3) is 0 Å². The lowest BCUT2D eigenvalue weighted by atomic mass is 9.84. The van der Waals surface area contributed by atoms with E-state index in [9.17, 15) is 50.4 Å². The summed E-state index contributed by atoms with van der Waals surface area (Å²) >= 11 is 19.2. The number of rotatable bonds is 21. The maximum absolute atomic E-state index is 12.0. The summed E-state index contributed by atoms with van der Waals surface area (Å²) in [6.45, 7) is 14.8. The maximum atomic E-state index is 12.0. The summed E-state index contributed by atoms with van der Waals surface area (Å²) in [5, 5.41) is 97.2. The zero-order valence-corrected chi connectivity index (χ0v) is 60.1. The van der Waals surface area contributed by atoms with Crippen LogP contribution in [0.4, 0.5) is 0 Å². The van der Waals surface area contributed by atoms with Crippen LogP contribution in [0.3, 0.4) is 0 Å². The van der Waals surface area contributed by atoms with Gasteiger partial charge in [-0.15, -0.1) is 24.0 Å². The Labute approximate surface area is 599 Å². The van der Waals surface area contributed by atoms with Gasteiger partial charge in [0.05, 0.1) is 51.8 Å². The SMILES string of the molecule is CCOc1ccc(Cc2cc([C@@H]3O[C@H](CC)[C@@H](C)[C@H](OC(C)=O)[C@H]3OC(C)=O)ccc2Cl)cc1.CCOc1ccc(Cc2cc([C@@H]3O[C@H](CO)[C@@H](O)[C@H](O)[C@H]3O)ccc2Cl)cc1.CCOc1ccc(Cc2cc([C@@H]3O[C@H](CO)[C@@H](O)[C@H](O)[C@H]3O)ccc2Cl)cc1.C[C@H](O)CO.I.O. The van der Waals surface area contributed by atoms with Gasteiger partial charge in [0, 0.05) is 34.8 Å². The van der Waals surface area contributed by atoms with E-state index in [0.29, 0.717) is 65.3 Å². The van der Waals surface area contributed by atoms with Crippen molar-refractivity contribution in [1.29, 1.82) is 0 Å². The third-order valence-corrected chi connectivity index (χ3v) is 17.3. The second-order valence-corrected chi connectivity index (χ2v) is 24.6. The number of aliphatic hydroxyl groups is 10. The van der Waals surface area contributed by atoms with Gasteiger partial charge in [-0.05, 0) is 158 Å². The molecular weight excluding hydrogens is 1430 g/mol. The molecule has 3 heterocycles. The van der Waals surface area contributed by atoms with Crippen molar-refractivity contribution < 1.29 is 104 Å². The first-order chi connectivity index (χ1) is 45.4. The van der Waals surface area contributed by atoms with E-state index in [0.717, 1.165) is 62.6 Å². The molecule has 16 atom stereocenters. The first-order valence-corrected chi connectivity index (χ1v) is 32.9. The van der Waals surface area contributed by atoms with Crippen molar-refractivity contribution in [3.8, 4) is 17.2 Å². The predicted octanol–water partition coefficient (Wildman–Crippen LogP) is 8.52. The second kappa shape index (κ2) is 41.4. The topological polar surface area (TPSA) is 342 Å². The Morgan fingerprint density at radius 1 is 0.464 bits per heavy atom. The van der Waals surface area contributed by atoms with Crippen LogP contribution in [0, 0.1) is 5.92 Å². The van der Waals surface area contributed by atoms with Crippen LogP contribution < -0.4 is 14.2 Å². The Balaban J connectivity index is 0.000000297. The molecule has 97 heavy (non-hydrogen) atoms. The molecule has 25 heteroatoms. The van der Waals surface area contributed by atoms with E-state index < -0.39 is 111 Å².